The van der Waals surface area contributed by atoms with E-state index >= 15 is 0 Å². The van der Waals surface area contributed by atoms with Crippen LogP contribution in [0.4, 0.5) is 0 Å². The molecule has 0 saturated heterocycles. The zero-order valence-corrected chi connectivity index (χ0v) is 10.5. The summed E-state index contributed by atoms with van der Waals surface area (Å²) in [5, 5.41) is 0. The summed E-state index contributed by atoms with van der Waals surface area (Å²) in [5.41, 5.74) is 1.34. The zero-order chi connectivity index (χ0) is 4.41. The maximum atomic E-state index is 3.05. The molecule has 0 atom stereocenters. The SMILES string of the molecule is CC1=CC[C-]=C1.Cl.Cl.Cl.[Zr]. The van der Waals surface area contributed by atoms with Crippen LogP contribution in [0.5, 0.6) is 0 Å². The molecule has 0 aliphatic heterocycles. The fourth-order valence-electron chi connectivity index (χ4n) is 0.499. The van der Waals surface area contributed by atoms with Crippen LogP contribution in [0.2, 0.25) is 0 Å². The topological polar surface area (TPSA) is 0 Å². The molecule has 0 unspecified atom stereocenters. The molecule has 0 aromatic heterocycles. The molecule has 1 rings (SSSR count). The number of halogens is 3. The molecule has 0 nitrogen and oxygen atoms in total. The van der Waals surface area contributed by atoms with Crippen molar-refractivity contribution in [2.75, 3.05) is 0 Å². The van der Waals surface area contributed by atoms with Gasteiger partial charge in [-0.2, -0.15) is 6.08 Å². The molecule has 0 bridgehead atoms. The van der Waals surface area contributed by atoms with Crippen LogP contribution in [0.1, 0.15) is 13.3 Å². The predicted molar refractivity (Wildman–Crippen MR) is 47.9 cm³/mol. The van der Waals surface area contributed by atoms with Crippen LogP contribution in [-0.4, -0.2) is 0 Å². The molecule has 0 radical (unpaired) electrons. The van der Waals surface area contributed by atoms with Gasteiger partial charge in [-0.1, -0.05) is 0 Å². The summed E-state index contributed by atoms with van der Waals surface area (Å²) in [6.45, 7) is 2.08. The minimum absolute atomic E-state index is 0. The van der Waals surface area contributed by atoms with E-state index in [2.05, 4.69) is 19.1 Å². The van der Waals surface area contributed by atoms with E-state index in [0.717, 1.165) is 6.42 Å². The molecule has 60 valence electrons. The Morgan fingerprint density at radius 3 is 1.90 bits per heavy atom. The van der Waals surface area contributed by atoms with E-state index in [9.17, 15) is 0 Å². The second-order valence-electron chi connectivity index (χ2n) is 1.50. The second kappa shape index (κ2) is 12.9. The average Bonchev–Trinajstić information content (AvgIpc) is 1.86. The van der Waals surface area contributed by atoms with Crippen molar-refractivity contribution in [3.05, 3.63) is 23.8 Å². The van der Waals surface area contributed by atoms with Gasteiger partial charge < -0.3 is 0 Å². The molecule has 10 heavy (non-hydrogen) atoms. The Balaban J connectivity index is -0.0000000450. The average molecular weight is 280 g/mol. The molecule has 0 spiro atoms. The molecule has 1 aliphatic rings. The summed E-state index contributed by atoms with van der Waals surface area (Å²) in [7, 11) is 0. The first-order chi connectivity index (χ1) is 2.89. The van der Waals surface area contributed by atoms with Gasteiger partial charge in [-0.25, -0.2) is 11.6 Å². The maximum Gasteiger partial charge on any atom is 0 e. The third-order valence-corrected chi connectivity index (χ3v) is 0.872. The standard InChI is InChI=1S/C6H7.3ClH.Zr/c1-6-4-2-3-5-6;;;;/h4-5H,2H2,1H3;3*1H;/q-1;;;;. The van der Waals surface area contributed by atoms with Crippen molar-refractivity contribution in [1.82, 2.24) is 0 Å². The van der Waals surface area contributed by atoms with Gasteiger partial charge in [0, 0.05) is 26.2 Å². The van der Waals surface area contributed by atoms with Crippen molar-refractivity contribution < 1.29 is 26.2 Å². The van der Waals surface area contributed by atoms with Crippen LogP contribution in [-0.2, 0) is 26.2 Å². The van der Waals surface area contributed by atoms with Crippen LogP contribution < -0.4 is 0 Å². The Hall–Kier alpha value is 1.23. The first-order valence-electron chi connectivity index (χ1n) is 2.13. The fourth-order valence-corrected chi connectivity index (χ4v) is 0.499. The first kappa shape index (κ1) is 22.5. The third kappa shape index (κ3) is 9.23. The van der Waals surface area contributed by atoms with Crippen molar-refractivity contribution in [2.24, 2.45) is 0 Å². The molecular formula is C6H10Cl3Zr-. The van der Waals surface area contributed by atoms with E-state index in [1.165, 1.54) is 5.57 Å². The van der Waals surface area contributed by atoms with Gasteiger partial charge in [0.25, 0.3) is 0 Å². The largest absolute Gasteiger partial charge is 0.273 e. The Bertz CT molecular complexity index is 107. The molecule has 0 amide bonds. The smallest absolute Gasteiger partial charge is 0 e. The quantitative estimate of drug-likeness (QED) is 0.598. The van der Waals surface area contributed by atoms with Gasteiger partial charge in [-0.05, 0) is 0 Å². The Morgan fingerprint density at radius 1 is 1.30 bits per heavy atom. The Kier molecular flexibility index (Phi) is 28.9. The summed E-state index contributed by atoms with van der Waals surface area (Å²) < 4.78 is 0. The monoisotopic (exact) mass is 277 g/mol. The number of allylic oxidation sites excluding steroid dienone is 4. The van der Waals surface area contributed by atoms with Crippen molar-refractivity contribution in [1.29, 1.82) is 0 Å². The van der Waals surface area contributed by atoms with Crippen molar-refractivity contribution in [2.45, 2.75) is 13.3 Å². The van der Waals surface area contributed by atoms with Crippen LogP contribution >= 0.6 is 37.2 Å². The van der Waals surface area contributed by atoms with E-state index in [1.54, 1.807) is 0 Å². The molecule has 4 heteroatoms. The Morgan fingerprint density at radius 2 is 1.80 bits per heavy atom. The molecule has 0 aromatic rings. The van der Waals surface area contributed by atoms with Gasteiger partial charge in [-0.3, -0.25) is 6.08 Å². The van der Waals surface area contributed by atoms with Crippen molar-refractivity contribution in [3.63, 3.8) is 0 Å². The van der Waals surface area contributed by atoms with Gasteiger partial charge in [0.05, 0.1) is 0 Å². The predicted octanol–water partition coefficient (Wildman–Crippen LogP) is 2.96. The maximum absolute atomic E-state index is 3.05. The van der Waals surface area contributed by atoms with Gasteiger partial charge in [0.2, 0.25) is 0 Å². The Labute approximate surface area is 99.9 Å². The van der Waals surface area contributed by atoms with E-state index in [1.807, 2.05) is 6.08 Å². The van der Waals surface area contributed by atoms with E-state index < -0.39 is 0 Å². The number of hydrogen-bond donors (Lipinski definition) is 0. The first-order valence-corrected chi connectivity index (χ1v) is 2.13. The number of rotatable bonds is 0. The minimum atomic E-state index is 0. The van der Waals surface area contributed by atoms with Crippen molar-refractivity contribution >= 4 is 37.2 Å². The summed E-state index contributed by atoms with van der Waals surface area (Å²) in [5.74, 6) is 0. The molecule has 0 aromatic carbocycles. The van der Waals surface area contributed by atoms with Crippen LogP contribution in [0.25, 0.3) is 0 Å². The fraction of sp³-hybridized carbons (Fsp3) is 0.333. The summed E-state index contributed by atoms with van der Waals surface area (Å²) >= 11 is 0. The van der Waals surface area contributed by atoms with Gasteiger partial charge in [0.1, 0.15) is 0 Å². The van der Waals surface area contributed by atoms with E-state index in [0.29, 0.717) is 0 Å². The normalized spacial score (nSPS) is 11.1. The van der Waals surface area contributed by atoms with Gasteiger partial charge >= 0.3 is 0 Å². The van der Waals surface area contributed by atoms with E-state index in [4.69, 9.17) is 0 Å². The summed E-state index contributed by atoms with van der Waals surface area (Å²) in [6.07, 6.45) is 8.24. The zero-order valence-electron chi connectivity index (χ0n) is 5.59. The van der Waals surface area contributed by atoms with E-state index in [-0.39, 0.29) is 63.4 Å². The molecule has 1 aliphatic carbocycles. The minimum Gasteiger partial charge on any atom is -0.273 e. The molecule has 0 saturated carbocycles. The van der Waals surface area contributed by atoms with Crippen LogP contribution in [0.3, 0.4) is 0 Å². The second-order valence-corrected chi connectivity index (χ2v) is 1.50. The number of hydrogen-bond acceptors (Lipinski definition) is 0. The third-order valence-electron chi connectivity index (χ3n) is 0.872. The molecule has 0 N–H and O–H groups in total. The molecule has 0 heterocycles. The summed E-state index contributed by atoms with van der Waals surface area (Å²) in [6, 6.07) is 0. The summed E-state index contributed by atoms with van der Waals surface area (Å²) in [4.78, 5) is 0. The van der Waals surface area contributed by atoms with Gasteiger partial charge in [-0.15, -0.1) is 50.6 Å². The van der Waals surface area contributed by atoms with Crippen LogP contribution in [0, 0.1) is 6.08 Å². The van der Waals surface area contributed by atoms with Crippen LogP contribution in [0.15, 0.2) is 17.7 Å². The van der Waals surface area contributed by atoms with Crippen molar-refractivity contribution in [3.8, 4) is 0 Å². The van der Waals surface area contributed by atoms with Gasteiger partial charge in [0.15, 0.2) is 0 Å². The molecule has 0 fully saturated rings. The molecular weight excluding hydrogens is 270 g/mol.